The van der Waals surface area contributed by atoms with Gasteiger partial charge in [-0.15, -0.1) is 0 Å². The average Bonchev–Trinajstić information content (AvgIpc) is 2.70. The molecule has 2 rings (SSSR count). The van der Waals surface area contributed by atoms with Gasteiger partial charge in [0.25, 0.3) is 0 Å². The molecule has 0 saturated carbocycles. The molecule has 0 aliphatic rings. The Morgan fingerprint density at radius 1 is 1.38 bits per heavy atom. The largest absolute Gasteiger partial charge is 0.493 e. The first-order valence-corrected chi connectivity index (χ1v) is 5.27. The Morgan fingerprint density at radius 2 is 2.12 bits per heavy atom. The molecule has 0 radical (unpaired) electrons. The number of hydrogen-bond acceptors (Lipinski definition) is 3. The van der Waals surface area contributed by atoms with Crippen LogP contribution in [-0.2, 0) is 0 Å². The van der Waals surface area contributed by atoms with Gasteiger partial charge in [-0.1, -0.05) is 6.92 Å². The van der Waals surface area contributed by atoms with Crippen molar-refractivity contribution in [2.75, 3.05) is 7.11 Å². The van der Waals surface area contributed by atoms with E-state index in [1.807, 2.05) is 26.0 Å². The van der Waals surface area contributed by atoms with E-state index in [-0.39, 0.29) is 5.78 Å². The van der Waals surface area contributed by atoms with Crippen LogP contribution in [0.4, 0.5) is 0 Å². The summed E-state index contributed by atoms with van der Waals surface area (Å²) >= 11 is 0. The standard InChI is InChI=1S/C13H14O3/c1-4-10(14)11-7-9-5-8(2)6-12(15-3)13(9)16-11/h5-7H,4H2,1-3H3. The maximum atomic E-state index is 11.5. The van der Waals surface area contributed by atoms with Crippen LogP contribution in [0.15, 0.2) is 22.6 Å². The Labute approximate surface area is 94.0 Å². The third-order valence-electron chi connectivity index (χ3n) is 2.54. The van der Waals surface area contributed by atoms with Crippen LogP contribution in [0.5, 0.6) is 5.75 Å². The Kier molecular flexibility index (Phi) is 2.69. The first kappa shape index (κ1) is 10.7. The Hall–Kier alpha value is -1.77. The van der Waals surface area contributed by atoms with Gasteiger partial charge in [0.05, 0.1) is 7.11 Å². The van der Waals surface area contributed by atoms with Crippen molar-refractivity contribution in [3.63, 3.8) is 0 Å². The van der Waals surface area contributed by atoms with Gasteiger partial charge in [-0.05, 0) is 30.7 Å². The molecule has 1 heterocycles. The van der Waals surface area contributed by atoms with Gasteiger partial charge in [0.1, 0.15) is 0 Å². The summed E-state index contributed by atoms with van der Waals surface area (Å²) in [5.41, 5.74) is 1.73. The number of methoxy groups -OCH3 is 1. The molecule has 0 saturated heterocycles. The van der Waals surface area contributed by atoms with E-state index in [1.165, 1.54) is 0 Å². The smallest absolute Gasteiger partial charge is 0.197 e. The minimum atomic E-state index is 0.0101. The molecule has 2 aromatic rings. The molecule has 0 spiro atoms. The maximum Gasteiger partial charge on any atom is 0.197 e. The van der Waals surface area contributed by atoms with Gasteiger partial charge in [0.2, 0.25) is 0 Å². The molecule has 0 amide bonds. The number of aryl methyl sites for hydroxylation is 1. The summed E-state index contributed by atoms with van der Waals surface area (Å²) < 4.78 is 10.8. The highest BCUT2D eigenvalue weighted by Crippen LogP contribution is 2.30. The third-order valence-corrected chi connectivity index (χ3v) is 2.54. The first-order valence-electron chi connectivity index (χ1n) is 5.27. The number of furan rings is 1. The zero-order valence-electron chi connectivity index (χ0n) is 9.66. The number of fused-ring (bicyclic) bond motifs is 1. The second-order valence-corrected chi connectivity index (χ2v) is 3.77. The van der Waals surface area contributed by atoms with Crippen molar-refractivity contribution in [3.8, 4) is 5.75 Å². The van der Waals surface area contributed by atoms with E-state index >= 15 is 0 Å². The monoisotopic (exact) mass is 218 g/mol. The van der Waals surface area contributed by atoms with E-state index in [2.05, 4.69) is 0 Å². The second kappa shape index (κ2) is 4.00. The van der Waals surface area contributed by atoms with Crippen molar-refractivity contribution in [2.24, 2.45) is 0 Å². The quantitative estimate of drug-likeness (QED) is 0.742. The summed E-state index contributed by atoms with van der Waals surface area (Å²) in [6.07, 6.45) is 0.446. The maximum absolute atomic E-state index is 11.5. The summed E-state index contributed by atoms with van der Waals surface area (Å²) in [6, 6.07) is 5.65. The van der Waals surface area contributed by atoms with Gasteiger partial charge in [-0.3, -0.25) is 4.79 Å². The lowest BCUT2D eigenvalue weighted by Crippen LogP contribution is -1.92. The number of ether oxygens (including phenoxy) is 1. The SMILES string of the molecule is CCC(=O)c1cc2cc(C)cc(OC)c2o1. The number of carbonyl (C=O) groups is 1. The molecule has 0 bridgehead atoms. The Balaban J connectivity index is 2.64. The van der Waals surface area contributed by atoms with Gasteiger partial charge >= 0.3 is 0 Å². The van der Waals surface area contributed by atoms with Crippen LogP contribution in [0.3, 0.4) is 0 Å². The molecule has 84 valence electrons. The van der Waals surface area contributed by atoms with E-state index in [0.717, 1.165) is 10.9 Å². The van der Waals surface area contributed by atoms with Crippen molar-refractivity contribution < 1.29 is 13.9 Å². The van der Waals surface area contributed by atoms with Crippen LogP contribution in [0.25, 0.3) is 11.0 Å². The number of Topliss-reactive ketones (excluding diaryl/α,β-unsaturated/α-hetero) is 1. The zero-order valence-corrected chi connectivity index (χ0v) is 9.66. The average molecular weight is 218 g/mol. The summed E-state index contributed by atoms with van der Waals surface area (Å²) in [4.78, 5) is 11.5. The molecule has 0 fully saturated rings. The predicted octanol–water partition coefficient (Wildman–Crippen LogP) is 3.34. The summed E-state index contributed by atoms with van der Waals surface area (Å²) in [5.74, 6) is 1.09. The molecular formula is C13H14O3. The second-order valence-electron chi connectivity index (χ2n) is 3.77. The van der Waals surface area contributed by atoms with Crippen molar-refractivity contribution in [1.82, 2.24) is 0 Å². The van der Waals surface area contributed by atoms with E-state index < -0.39 is 0 Å². The van der Waals surface area contributed by atoms with E-state index in [0.29, 0.717) is 23.5 Å². The minimum Gasteiger partial charge on any atom is -0.493 e. The van der Waals surface area contributed by atoms with E-state index in [4.69, 9.17) is 9.15 Å². The van der Waals surface area contributed by atoms with Crippen molar-refractivity contribution in [3.05, 3.63) is 29.5 Å². The van der Waals surface area contributed by atoms with E-state index in [1.54, 1.807) is 13.2 Å². The van der Waals surface area contributed by atoms with Gasteiger partial charge in [-0.2, -0.15) is 0 Å². The van der Waals surface area contributed by atoms with E-state index in [9.17, 15) is 4.79 Å². The van der Waals surface area contributed by atoms with Gasteiger partial charge in [0, 0.05) is 11.8 Å². The summed E-state index contributed by atoms with van der Waals surface area (Å²) in [5, 5.41) is 0.911. The normalized spacial score (nSPS) is 10.7. The van der Waals surface area contributed by atoms with Crippen molar-refractivity contribution >= 4 is 16.8 Å². The molecule has 16 heavy (non-hydrogen) atoms. The highest BCUT2D eigenvalue weighted by atomic mass is 16.5. The van der Waals surface area contributed by atoms with Crippen LogP contribution >= 0.6 is 0 Å². The molecule has 0 aliphatic carbocycles. The van der Waals surface area contributed by atoms with Crippen molar-refractivity contribution in [1.29, 1.82) is 0 Å². The van der Waals surface area contributed by atoms with Crippen LogP contribution in [0.1, 0.15) is 29.5 Å². The van der Waals surface area contributed by atoms with Gasteiger partial charge in [-0.25, -0.2) is 0 Å². The van der Waals surface area contributed by atoms with Crippen LogP contribution < -0.4 is 4.74 Å². The van der Waals surface area contributed by atoms with Gasteiger partial charge < -0.3 is 9.15 Å². The zero-order chi connectivity index (χ0) is 11.7. The molecule has 0 N–H and O–H groups in total. The Bertz CT molecular complexity index is 537. The molecule has 1 aromatic heterocycles. The number of hydrogen-bond donors (Lipinski definition) is 0. The third kappa shape index (κ3) is 1.69. The fourth-order valence-corrected chi connectivity index (χ4v) is 1.73. The van der Waals surface area contributed by atoms with Crippen LogP contribution in [0.2, 0.25) is 0 Å². The van der Waals surface area contributed by atoms with Crippen LogP contribution in [0, 0.1) is 6.92 Å². The predicted molar refractivity (Wildman–Crippen MR) is 62.1 cm³/mol. The fraction of sp³-hybridized carbons (Fsp3) is 0.308. The topological polar surface area (TPSA) is 39.4 Å². The molecule has 0 atom stereocenters. The molecule has 3 heteroatoms. The summed E-state index contributed by atoms with van der Waals surface area (Å²) in [7, 11) is 1.60. The van der Waals surface area contributed by atoms with Crippen LogP contribution in [-0.4, -0.2) is 12.9 Å². The first-order chi connectivity index (χ1) is 7.65. The number of rotatable bonds is 3. The molecule has 1 aromatic carbocycles. The molecule has 0 unspecified atom stereocenters. The summed E-state index contributed by atoms with van der Waals surface area (Å²) in [6.45, 7) is 3.80. The number of ketones is 1. The van der Waals surface area contributed by atoms with Gasteiger partial charge in [0.15, 0.2) is 22.9 Å². The fourth-order valence-electron chi connectivity index (χ4n) is 1.73. The molecular weight excluding hydrogens is 204 g/mol. The lowest BCUT2D eigenvalue weighted by molar-refractivity contribution is 0.0963. The lowest BCUT2D eigenvalue weighted by Gasteiger charge is -2.01. The molecule has 0 aliphatic heterocycles. The minimum absolute atomic E-state index is 0.0101. The number of carbonyl (C=O) groups excluding carboxylic acids is 1. The highest BCUT2D eigenvalue weighted by Gasteiger charge is 2.13. The highest BCUT2D eigenvalue weighted by molar-refractivity contribution is 5.98. The Morgan fingerprint density at radius 3 is 2.75 bits per heavy atom. The molecule has 3 nitrogen and oxygen atoms in total. The lowest BCUT2D eigenvalue weighted by atomic mass is 10.1. The number of benzene rings is 1. The van der Waals surface area contributed by atoms with Crippen molar-refractivity contribution in [2.45, 2.75) is 20.3 Å².